The van der Waals surface area contributed by atoms with E-state index >= 15 is 0 Å². The molecule has 0 fully saturated rings. The number of phenolic OH excluding ortho intramolecular Hbond substituents is 1. The molecule has 1 amide bonds. The molecule has 0 aliphatic carbocycles. The smallest absolute Gasteiger partial charge is 0.273 e. The summed E-state index contributed by atoms with van der Waals surface area (Å²) in [6.07, 6.45) is 0. The van der Waals surface area contributed by atoms with Gasteiger partial charge in [-0.05, 0) is 37.3 Å². The summed E-state index contributed by atoms with van der Waals surface area (Å²) in [7, 11) is 0. The average Bonchev–Trinajstić information content (AvgIpc) is 3.11. The molecule has 0 aliphatic rings. The van der Waals surface area contributed by atoms with Crippen molar-refractivity contribution in [1.29, 1.82) is 0 Å². The first-order valence-corrected chi connectivity index (χ1v) is 9.50. The van der Waals surface area contributed by atoms with Crippen molar-refractivity contribution in [2.24, 2.45) is 0 Å². The fourth-order valence-corrected chi connectivity index (χ4v) is 4.04. The molecule has 0 aliphatic heterocycles. The first-order valence-electron chi connectivity index (χ1n) is 8.68. The van der Waals surface area contributed by atoms with Gasteiger partial charge in [0.25, 0.3) is 11.6 Å². The van der Waals surface area contributed by atoms with E-state index in [-0.39, 0.29) is 22.6 Å². The molecule has 4 rings (SSSR count). The average molecular weight is 405 g/mol. The van der Waals surface area contributed by atoms with E-state index < -0.39 is 10.8 Å². The van der Waals surface area contributed by atoms with Crippen LogP contribution in [0.2, 0.25) is 0 Å². The lowest BCUT2D eigenvalue weighted by molar-refractivity contribution is -0.385. The number of aromatic nitrogens is 1. The van der Waals surface area contributed by atoms with Crippen molar-refractivity contribution in [2.45, 2.75) is 6.92 Å². The highest BCUT2D eigenvalue weighted by molar-refractivity contribution is 7.21. The van der Waals surface area contributed by atoms with E-state index in [1.807, 2.05) is 24.3 Å². The molecule has 1 aromatic heterocycles. The number of thiazole rings is 1. The lowest BCUT2D eigenvalue weighted by Gasteiger charge is -2.09. The number of fused-ring (bicyclic) bond motifs is 1. The van der Waals surface area contributed by atoms with Gasteiger partial charge in [0.15, 0.2) is 0 Å². The number of phenols is 1. The molecular formula is C21H15N3O4S. The van der Waals surface area contributed by atoms with Gasteiger partial charge in [-0.1, -0.05) is 18.2 Å². The fourth-order valence-electron chi connectivity index (χ4n) is 3.04. The van der Waals surface area contributed by atoms with Crippen LogP contribution in [0.25, 0.3) is 20.8 Å². The molecule has 4 aromatic rings. The lowest BCUT2D eigenvalue weighted by Crippen LogP contribution is -2.14. The van der Waals surface area contributed by atoms with E-state index in [1.54, 1.807) is 12.1 Å². The van der Waals surface area contributed by atoms with Crippen LogP contribution in [0.3, 0.4) is 0 Å². The standard InChI is InChI=1S/C21H15N3O4S/c1-12-14(5-4-7-17(12)24(27)28)20(26)22-13-9-10-15(18(25)11-13)21-23-16-6-2-3-8-19(16)29-21/h2-11,25H,1H3,(H,22,26). The number of hydrogen-bond donors (Lipinski definition) is 2. The van der Waals surface area contributed by atoms with Gasteiger partial charge < -0.3 is 10.4 Å². The number of nitro groups is 1. The van der Waals surface area contributed by atoms with Crippen molar-refractivity contribution in [3.8, 4) is 16.3 Å². The minimum atomic E-state index is -0.523. The zero-order chi connectivity index (χ0) is 20.5. The highest BCUT2D eigenvalue weighted by Crippen LogP contribution is 2.36. The third kappa shape index (κ3) is 3.53. The van der Waals surface area contributed by atoms with Gasteiger partial charge in [-0.15, -0.1) is 11.3 Å². The summed E-state index contributed by atoms with van der Waals surface area (Å²) >= 11 is 1.47. The van der Waals surface area contributed by atoms with Crippen LogP contribution >= 0.6 is 11.3 Å². The Morgan fingerprint density at radius 2 is 1.93 bits per heavy atom. The second-order valence-electron chi connectivity index (χ2n) is 6.38. The van der Waals surface area contributed by atoms with Gasteiger partial charge in [0, 0.05) is 28.9 Å². The third-order valence-electron chi connectivity index (χ3n) is 4.53. The zero-order valence-corrected chi connectivity index (χ0v) is 16.1. The number of carbonyl (C=O) groups excluding carboxylic acids is 1. The Balaban J connectivity index is 1.61. The number of nitrogens with zero attached hydrogens (tertiary/aromatic N) is 2. The predicted molar refractivity (Wildman–Crippen MR) is 113 cm³/mol. The molecule has 0 radical (unpaired) electrons. The van der Waals surface area contributed by atoms with Crippen LogP contribution in [0.5, 0.6) is 5.75 Å². The Bertz CT molecular complexity index is 1230. The molecular weight excluding hydrogens is 390 g/mol. The summed E-state index contributed by atoms with van der Waals surface area (Å²) in [6.45, 7) is 1.53. The Morgan fingerprint density at radius 3 is 2.66 bits per heavy atom. The summed E-state index contributed by atoms with van der Waals surface area (Å²) in [6, 6.07) is 16.8. The second kappa shape index (κ2) is 7.33. The van der Waals surface area contributed by atoms with E-state index in [0.717, 1.165) is 10.2 Å². The molecule has 1 heterocycles. The first-order chi connectivity index (χ1) is 13.9. The van der Waals surface area contributed by atoms with Gasteiger partial charge in [-0.3, -0.25) is 14.9 Å². The number of nitrogens with one attached hydrogen (secondary N) is 1. The van der Waals surface area contributed by atoms with Gasteiger partial charge in [0.1, 0.15) is 10.8 Å². The van der Waals surface area contributed by atoms with E-state index in [0.29, 0.717) is 16.3 Å². The summed E-state index contributed by atoms with van der Waals surface area (Å²) in [5.74, 6) is -0.504. The van der Waals surface area contributed by atoms with Crippen molar-refractivity contribution in [2.75, 3.05) is 5.32 Å². The molecule has 0 saturated carbocycles. The molecule has 0 spiro atoms. The number of anilines is 1. The molecule has 0 unspecified atom stereocenters. The second-order valence-corrected chi connectivity index (χ2v) is 7.41. The van der Waals surface area contributed by atoms with Crippen LogP contribution in [-0.4, -0.2) is 20.9 Å². The van der Waals surface area contributed by atoms with Crippen LogP contribution in [0.1, 0.15) is 15.9 Å². The minimum Gasteiger partial charge on any atom is -0.507 e. The number of rotatable bonds is 4. The Labute approximate surface area is 169 Å². The van der Waals surface area contributed by atoms with Gasteiger partial charge in [0.2, 0.25) is 0 Å². The van der Waals surface area contributed by atoms with Gasteiger partial charge in [-0.25, -0.2) is 4.98 Å². The van der Waals surface area contributed by atoms with Gasteiger partial charge in [-0.2, -0.15) is 0 Å². The predicted octanol–water partition coefficient (Wildman–Crippen LogP) is 5.14. The summed E-state index contributed by atoms with van der Waals surface area (Å²) in [5.41, 5.74) is 2.16. The number of nitro benzene ring substituents is 1. The number of aromatic hydroxyl groups is 1. The summed E-state index contributed by atoms with van der Waals surface area (Å²) in [4.78, 5) is 27.6. The van der Waals surface area contributed by atoms with Crippen LogP contribution in [0.15, 0.2) is 60.7 Å². The third-order valence-corrected chi connectivity index (χ3v) is 5.60. The normalized spacial score (nSPS) is 10.8. The molecule has 29 heavy (non-hydrogen) atoms. The number of carbonyl (C=O) groups is 1. The van der Waals surface area contributed by atoms with Crippen LogP contribution in [0, 0.1) is 17.0 Å². The highest BCUT2D eigenvalue weighted by Gasteiger charge is 2.18. The fraction of sp³-hybridized carbons (Fsp3) is 0.0476. The van der Waals surface area contributed by atoms with E-state index in [1.165, 1.54) is 42.5 Å². The maximum Gasteiger partial charge on any atom is 0.273 e. The minimum absolute atomic E-state index is 0.0161. The van der Waals surface area contributed by atoms with Gasteiger partial charge >= 0.3 is 0 Å². The highest BCUT2D eigenvalue weighted by atomic mass is 32.1. The largest absolute Gasteiger partial charge is 0.507 e. The Hall–Kier alpha value is -3.78. The summed E-state index contributed by atoms with van der Waals surface area (Å²) < 4.78 is 1.01. The molecule has 7 nitrogen and oxygen atoms in total. The van der Waals surface area contributed by atoms with Gasteiger partial charge in [0.05, 0.1) is 20.7 Å². The van der Waals surface area contributed by atoms with Crippen LogP contribution < -0.4 is 5.32 Å². The van der Waals surface area contributed by atoms with E-state index in [9.17, 15) is 20.0 Å². The molecule has 0 saturated heterocycles. The topological polar surface area (TPSA) is 105 Å². The van der Waals surface area contributed by atoms with E-state index in [4.69, 9.17) is 0 Å². The van der Waals surface area contributed by atoms with Crippen molar-refractivity contribution >= 4 is 38.8 Å². The number of amides is 1. The van der Waals surface area contributed by atoms with Crippen LogP contribution in [0.4, 0.5) is 11.4 Å². The van der Waals surface area contributed by atoms with E-state index in [2.05, 4.69) is 10.3 Å². The molecule has 2 N–H and O–H groups in total. The SMILES string of the molecule is Cc1c(C(=O)Nc2ccc(-c3nc4ccccc4s3)c(O)c2)cccc1[N+](=O)[O-]. The van der Waals surface area contributed by atoms with Crippen molar-refractivity contribution in [1.82, 2.24) is 4.98 Å². The lowest BCUT2D eigenvalue weighted by atomic mass is 10.1. The maximum absolute atomic E-state index is 12.6. The number of benzene rings is 3. The Morgan fingerprint density at radius 1 is 1.14 bits per heavy atom. The maximum atomic E-state index is 12.6. The van der Waals surface area contributed by atoms with Crippen molar-refractivity contribution in [3.05, 3.63) is 81.9 Å². The quantitative estimate of drug-likeness (QED) is 0.361. The monoisotopic (exact) mass is 405 g/mol. The molecule has 0 bridgehead atoms. The molecule has 3 aromatic carbocycles. The van der Waals surface area contributed by atoms with Crippen molar-refractivity contribution < 1.29 is 14.8 Å². The first kappa shape index (κ1) is 18.6. The number of para-hydroxylation sites is 1. The van der Waals surface area contributed by atoms with Crippen molar-refractivity contribution in [3.63, 3.8) is 0 Å². The molecule has 0 atom stereocenters. The van der Waals surface area contributed by atoms with Crippen LogP contribution in [-0.2, 0) is 0 Å². The zero-order valence-electron chi connectivity index (χ0n) is 15.2. The summed E-state index contributed by atoms with van der Waals surface area (Å²) in [5, 5.41) is 24.9. The number of hydrogen-bond acceptors (Lipinski definition) is 6. The molecule has 8 heteroatoms. The Kier molecular flexibility index (Phi) is 4.69. The molecule has 144 valence electrons.